The Bertz CT molecular complexity index is 731. The highest BCUT2D eigenvalue weighted by Gasteiger charge is 2.33. The molecule has 0 saturated carbocycles. The van der Waals surface area contributed by atoms with Crippen LogP contribution in [0.3, 0.4) is 0 Å². The van der Waals surface area contributed by atoms with Crippen molar-refractivity contribution >= 4 is 18.1 Å². The van der Waals surface area contributed by atoms with Crippen LogP contribution >= 0.6 is 0 Å². The Kier molecular flexibility index (Phi) is 3.58. The molecule has 1 saturated heterocycles. The number of benzene rings is 1. The van der Waals surface area contributed by atoms with Crippen LogP contribution in [-0.2, 0) is 11.3 Å². The minimum Gasteiger partial charge on any atom is -0.442 e. The summed E-state index contributed by atoms with van der Waals surface area (Å²) in [5, 5.41) is 7.40. The molecule has 2 heterocycles. The number of aryl methyl sites for hydroxylation is 1. The number of ether oxygens (including phenoxy) is 1. The summed E-state index contributed by atoms with van der Waals surface area (Å²) in [6, 6.07) is 4.58. The molecule has 0 bridgehead atoms. The van der Waals surface area contributed by atoms with Gasteiger partial charge in [0.15, 0.2) is 6.29 Å². The van der Waals surface area contributed by atoms with Crippen LogP contribution in [0.5, 0.6) is 0 Å². The second-order valence-corrected chi connectivity index (χ2v) is 5.03. The Labute approximate surface area is 125 Å². The van der Waals surface area contributed by atoms with E-state index in [1.807, 2.05) is 0 Å². The van der Waals surface area contributed by atoms with Crippen molar-refractivity contribution in [3.63, 3.8) is 0 Å². The van der Waals surface area contributed by atoms with E-state index < -0.39 is 12.2 Å². The molecule has 1 aliphatic rings. The zero-order valence-electron chi connectivity index (χ0n) is 11.8. The van der Waals surface area contributed by atoms with Crippen LogP contribution in [0.1, 0.15) is 16.1 Å². The number of rotatable bonds is 4. The predicted octanol–water partition coefficient (Wildman–Crippen LogP) is 1.56. The van der Waals surface area contributed by atoms with Gasteiger partial charge < -0.3 is 4.74 Å². The van der Waals surface area contributed by atoms with Gasteiger partial charge in [-0.25, -0.2) is 13.9 Å². The first-order valence-corrected chi connectivity index (χ1v) is 6.66. The van der Waals surface area contributed by atoms with Crippen molar-refractivity contribution < 1.29 is 18.7 Å². The number of carbonyl (C=O) groups excluding carboxylic acids is 2. The molecule has 0 spiro atoms. The number of amides is 1. The Morgan fingerprint density at radius 3 is 3.00 bits per heavy atom. The first-order valence-electron chi connectivity index (χ1n) is 6.66. The quantitative estimate of drug-likeness (QED) is 0.801. The molecule has 8 heteroatoms. The number of aldehydes is 1. The number of anilines is 1. The summed E-state index contributed by atoms with van der Waals surface area (Å²) in [5.41, 5.74) is 1.17. The number of aromatic nitrogens is 3. The lowest BCUT2D eigenvalue weighted by atomic mass is 10.2. The zero-order valence-corrected chi connectivity index (χ0v) is 11.8. The van der Waals surface area contributed by atoms with Crippen LogP contribution in [0.15, 0.2) is 24.4 Å². The van der Waals surface area contributed by atoms with E-state index in [1.54, 1.807) is 19.1 Å². The highest BCUT2D eigenvalue weighted by atomic mass is 19.1. The van der Waals surface area contributed by atoms with Gasteiger partial charge in [-0.3, -0.25) is 9.69 Å². The molecule has 0 radical (unpaired) electrons. The fourth-order valence-corrected chi connectivity index (χ4v) is 2.24. The standard InChI is InChI=1S/C14H13FN4O3/c1-9-2-3-11(4-13(9)15)19-7-12(22-14(19)21)6-18-5-10(8-20)16-17-18/h2-5,8,12H,6-7H2,1H3/t12-/m0/s1. The van der Waals surface area contributed by atoms with Crippen molar-refractivity contribution in [3.8, 4) is 0 Å². The van der Waals surface area contributed by atoms with E-state index in [9.17, 15) is 14.0 Å². The molecule has 1 aromatic heterocycles. The average Bonchev–Trinajstić information content (AvgIpc) is 3.09. The Hall–Kier alpha value is -2.77. The van der Waals surface area contributed by atoms with Crippen LogP contribution in [-0.4, -0.2) is 40.0 Å². The molecule has 1 amide bonds. The molecule has 7 nitrogen and oxygen atoms in total. The average molecular weight is 304 g/mol. The smallest absolute Gasteiger partial charge is 0.414 e. The molecule has 1 aliphatic heterocycles. The number of cyclic esters (lactones) is 1. The molecular weight excluding hydrogens is 291 g/mol. The van der Waals surface area contributed by atoms with E-state index >= 15 is 0 Å². The third-order valence-corrected chi connectivity index (χ3v) is 3.41. The van der Waals surface area contributed by atoms with Crippen molar-refractivity contribution in [2.75, 3.05) is 11.4 Å². The van der Waals surface area contributed by atoms with E-state index in [2.05, 4.69) is 10.3 Å². The fourth-order valence-electron chi connectivity index (χ4n) is 2.24. The van der Waals surface area contributed by atoms with Crippen molar-refractivity contribution in [3.05, 3.63) is 41.5 Å². The maximum atomic E-state index is 13.6. The summed E-state index contributed by atoms with van der Waals surface area (Å²) < 4.78 is 20.3. The van der Waals surface area contributed by atoms with Crippen molar-refractivity contribution in [2.45, 2.75) is 19.6 Å². The maximum Gasteiger partial charge on any atom is 0.414 e. The molecule has 0 N–H and O–H groups in total. The first-order chi connectivity index (χ1) is 10.6. The summed E-state index contributed by atoms with van der Waals surface area (Å²) >= 11 is 0. The highest BCUT2D eigenvalue weighted by molar-refractivity contribution is 5.89. The number of halogens is 1. The van der Waals surface area contributed by atoms with Crippen LogP contribution in [0.25, 0.3) is 0 Å². The van der Waals surface area contributed by atoms with E-state index in [0.717, 1.165) is 0 Å². The lowest BCUT2D eigenvalue weighted by Gasteiger charge is -2.13. The summed E-state index contributed by atoms with van der Waals surface area (Å²) in [6.07, 6.45) is 1.07. The van der Waals surface area contributed by atoms with Crippen LogP contribution in [0.2, 0.25) is 0 Å². The van der Waals surface area contributed by atoms with E-state index in [4.69, 9.17) is 4.74 Å². The van der Waals surface area contributed by atoms with E-state index in [1.165, 1.54) is 21.8 Å². The minimum absolute atomic E-state index is 0.210. The van der Waals surface area contributed by atoms with Gasteiger partial charge in [0.25, 0.3) is 0 Å². The topological polar surface area (TPSA) is 77.3 Å². The van der Waals surface area contributed by atoms with Gasteiger partial charge in [0.05, 0.1) is 25.0 Å². The van der Waals surface area contributed by atoms with Gasteiger partial charge in [-0.1, -0.05) is 11.3 Å². The third kappa shape index (κ3) is 2.67. The number of nitrogens with zero attached hydrogens (tertiary/aromatic N) is 4. The molecular formula is C14H13FN4O3. The second kappa shape index (κ2) is 5.55. The van der Waals surface area contributed by atoms with Gasteiger partial charge in [0.1, 0.15) is 17.6 Å². The van der Waals surface area contributed by atoms with Gasteiger partial charge >= 0.3 is 6.09 Å². The maximum absolute atomic E-state index is 13.6. The van der Waals surface area contributed by atoms with Crippen LogP contribution in [0, 0.1) is 12.7 Å². The van der Waals surface area contributed by atoms with Gasteiger partial charge in [0.2, 0.25) is 0 Å². The fraction of sp³-hybridized carbons (Fsp3) is 0.286. The molecule has 22 heavy (non-hydrogen) atoms. The summed E-state index contributed by atoms with van der Waals surface area (Å²) in [7, 11) is 0. The third-order valence-electron chi connectivity index (χ3n) is 3.41. The van der Waals surface area contributed by atoms with Gasteiger partial charge in [-0.15, -0.1) is 5.10 Å². The SMILES string of the molecule is Cc1ccc(N2C[C@H](Cn3cc(C=O)nn3)OC2=O)cc1F. The normalized spacial score (nSPS) is 17.6. The number of hydrogen-bond acceptors (Lipinski definition) is 5. The lowest BCUT2D eigenvalue weighted by Crippen LogP contribution is -2.26. The summed E-state index contributed by atoms with van der Waals surface area (Å²) in [5.74, 6) is -0.374. The van der Waals surface area contributed by atoms with Gasteiger partial charge in [-0.2, -0.15) is 0 Å². The molecule has 0 unspecified atom stereocenters. The molecule has 114 valence electrons. The predicted molar refractivity (Wildman–Crippen MR) is 74.2 cm³/mol. The molecule has 1 aromatic carbocycles. The molecule has 2 aromatic rings. The van der Waals surface area contributed by atoms with E-state index in [-0.39, 0.29) is 24.6 Å². The van der Waals surface area contributed by atoms with Crippen molar-refractivity contribution in [1.29, 1.82) is 0 Å². The Morgan fingerprint density at radius 2 is 2.32 bits per heavy atom. The monoisotopic (exact) mass is 304 g/mol. The van der Waals surface area contributed by atoms with E-state index in [0.29, 0.717) is 17.5 Å². The number of hydrogen-bond donors (Lipinski definition) is 0. The molecule has 3 rings (SSSR count). The molecule has 1 fully saturated rings. The zero-order chi connectivity index (χ0) is 15.7. The summed E-state index contributed by atoms with van der Waals surface area (Å²) in [6.45, 7) is 2.20. The van der Waals surface area contributed by atoms with Crippen molar-refractivity contribution in [2.24, 2.45) is 0 Å². The Balaban J connectivity index is 1.72. The van der Waals surface area contributed by atoms with Crippen LogP contribution < -0.4 is 4.90 Å². The van der Waals surface area contributed by atoms with Gasteiger partial charge in [0, 0.05) is 0 Å². The summed E-state index contributed by atoms with van der Waals surface area (Å²) in [4.78, 5) is 23.8. The number of carbonyl (C=O) groups is 2. The largest absolute Gasteiger partial charge is 0.442 e. The second-order valence-electron chi connectivity index (χ2n) is 5.03. The minimum atomic E-state index is -0.538. The Morgan fingerprint density at radius 1 is 1.50 bits per heavy atom. The molecule has 1 atom stereocenters. The first kappa shape index (κ1) is 14.2. The van der Waals surface area contributed by atoms with Crippen molar-refractivity contribution in [1.82, 2.24) is 15.0 Å². The van der Waals surface area contributed by atoms with Gasteiger partial charge in [-0.05, 0) is 24.6 Å². The van der Waals surface area contributed by atoms with Crippen LogP contribution in [0.4, 0.5) is 14.9 Å². The highest BCUT2D eigenvalue weighted by Crippen LogP contribution is 2.24. The lowest BCUT2D eigenvalue weighted by molar-refractivity contribution is 0.111. The molecule has 0 aliphatic carbocycles.